The second kappa shape index (κ2) is 10.1. The van der Waals surface area contributed by atoms with Crippen LogP contribution in [0.1, 0.15) is 43.7 Å². The quantitative estimate of drug-likeness (QED) is 0.347. The van der Waals surface area contributed by atoms with Crippen molar-refractivity contribution in [3.8, 4) is 0 Å². The molecule has 2 aromatic rings. The van der Waals surface area contributed by atoms with E-state index in [0.29, 0.717) is 31.8 Å². The van der Waals surface area contributed by atoms with Crippen LogP contribution in [0.15, 0.2) is 59.5 Å². The van der Waals surface area contributed by atoms with Crippen molar-refractivity contribution < 1.29 is 18.4 Å². The Labute approximate surface area is 183 Å². The normalized spacial score (nSPS) is 15.5. The average molecular weight is 444 g/mol. The Morgan fingerprint density at radius 2 is 1.74 bits per heavy atom. The topological polar surface area (TPSA) is 98.7 Å². The Bertz CT molecular complexity index is 1030. The van der Waals surface area contributed by atoms with E-state index in [1.54, 1.807) is 23.7 Å². The monoisotopic (exact) mass is 443 g/mol. The first-order chi connectivity index (χ1) is 14.8. The molecular weight excluding hydrogens is 414 g/mol. The van der Waals surface area contributed by atoms with Crippen molar-refractivity contribution in [3.63, 3.8) is 0 Å². The number of amides is 1. The molecule has 0 bridgehead atoms. The van der Waals surface area contributed by atoms with Gasteiger partial charge < -0.3 is 4.90 Å². The fourth-order valence-corrected chi connectivity index (χ4v) is 4.98. The van der Waals surface area contributed by atoms with E-state index in [0.717, 1.165) is 16.8 Å². The summed E-state index contributed by atoms with van der Waals surface area (Å²) in [4.78, 5) is 13.8. The Morgan fingerprint density at radius 1 is 1.10 bits per heavy atom. The van der Waals surface area contributed by atoms with Gasteiger partial charge in [0.05, 0.1) is 4.90 Å². The zero-order chi connectivity index (χ0) is 22.4. The summed E-state index contributed by atoms with van der Waals surface area (Å²) in [7, 11) is -3.56. The molecule has 1 saturated heterocycles. The average Bonchev–Trinajstić information content (AvgIpc) is 2.78. The summed E-state index contributed by atoms with van der Waals surface area (Å²) in [5.74, 6) is -0.242. The highest BCUT2D eigenvalue weighted by molar-refractivity contribution is 7.89. The number of carbonyl (C=O) groups excluding carboxylic acids is 1. The zero-order valence-electron chi connectivity index (χ0n) is 17.8. The Kier molecular flexibility index (Phi) is 7.48. The van der Waals surface area contributed by atoms with E-state index in [1.165, 1.54) is 6.08 Å². The van der Waals surface area contributed by atoms with Crippen LogP contribution in [0.2, 0.25) is 0 Å². The van der Waals surface area contributed by atoms with Crippen molar-refractivity contribution in [3.05, 3.63) is 65.7 Å². The van der Waals surface area contributed by atoms with Crippen molar-refractivity contribution >= 4 is 27.7 Å². The fraction of sp³-hybridized carbons (Fsp3) is 0.348. The van der Waals surface area contributed by atoms with Crippen molar-refractivity contribution in [1.82, 2.24) is 10.2 Å². The molecule has 0 atom stereocenters. The summed E-state index contributed by atoms with van der Waals surface area (Å²) < 4.78 is 28.4. The number of anilines is 1. The molecule has 1 amide bonds. The van der Waals surface area contributed by atoms with Gasteiger partial charge >= 0.3 is 0 Å². The molecule has 1 aliphatic rings. The summed E-state index contributed by atoms with van der Waals surface area (Å²) in [6, 6.07) is 14.6. The van der Waals surface area contributed by atoms with Crippen molar-refractivity contribution in [2.75, 3.05) is 18.0 Å². The maximum Gasteiger partial charge on any atom is 0.267 e. The van der Waals surface area contributed by atoms with Crippen LogP contribution in [0.25, 0.3) is 6.08 Å². The number of sulfonamides is 1. The van der Waals surface area contributed by atoms with Gasteiger partial charge in [-0.05, 0) is 54.2 Å². The molecule has 0 aromatic heterocycles. The number of hydroxylamine groups is 1. The third kappa shape index (κ3) is 5.94. The van der Waals surface area contributed by atoms with Crippen LogP contribution in [0.5, 0.6) is 0 Å². The lowest BCUT2D eigenvalue weighted by atomic mass is 10.0. The second-order valence-corrected chi connectivity index (χ2v) is 9.69. The van der Waals surface area contributed by atoms with Crippen molar-refractivity contribution in [2.45, 2.75) is 43.5 Å². The van der Waals surface area contributed by atoms with Crippen LogP contribution in [0.4, 0.5) is 5.69 Å². The van der Waals surface area contributed by atoms with E-state index in [2.05, 4.69) is 23.5 Å². The van der Waals surface area contributed by atoms with E-state index in [-0.39, 0.29) is 10.9 Å². The number of nitrogens with zero attached hydrogens (tertiary/aromatic N) is 1. The van der Waals surface area contributed by atoms with Crippen molar-refractivity contribution in [1.29, 1.82) is 0 Å². The van der Waals surface area contributed by atoms with Crippen molar-refractivity contribution in [2.24, 2.45) is 0 Å². The number of hydrogen-bond donors (Lipinski definition) is 3. The molecule has 1 heterocycles. The highest BCUT2D eigenvalue weighted by atomic mass is 32.2. The van der Waals surface area contributed by atoms with Gasteiger partial charge in [-0.25, -0.2) is 18.6 Å². The lowest BCUT2D eigenvalue weighted by Gasteiger charge is -2.34. The van der Waals surface area contributed by atoms with Gasteiger partial charge in [0.25, 0.3) is 5.91 Å². The molecule has 3 rings (SSSR count). The largest absolute Gasteiger partial charge is 0.371 e. The summed E-state index contributed by atoms with van der Waals surface area (Å²) >= 11 is 0. The van der Waals surface area contributed by atoms with Crippen LogP contribution in [-0.4, -0.2) is 38.7 Å². The maximum absolute atomic E-state index is 12.8. The molecule has 166 valence electrons. The first kappa shape index (κ1) is 23.0. The number of benzene rings is 2. The number of rotatable bonds is 7. The number of nitrogens with one attached hydrogen (secondary N) is 2. The SMILES string of the molecule is CC(C)c1ccc(S(=O)(=O)NC2CCN(c3ccccc3C=CC(=O)NO)CC2)cc1. The highest BCUT2D eigenvalue weighted by Crippen LogP contribution is 2.26. The fourth-order valence-electron chi connectivity index (χ4n) is 3.68. The van der Waals surface area contributed by atoms with Gasteiger partial charge in [-0.3, -0.25) is 10.0 Å². The molecule has 1 aliphatic heterocycles. The number of para-hydroxylation sites is 1. The molecule has 0 unspecified atom stereocenters. The molecule has 7 nitrogen and oxygen atoms in total. The molecule has 0 aliphatic carbocycles. The molecule has 0 spiro atoms. The minimum Gasteiger partial charge on any atom is -0.371 e. The van der Waals surface area contributed by atoms with E-state index < -0.39 is 15.9 Å². The Hall–Kier alpha value is -2.68. The number of piperidine rings is 1. The zero-order valence-corrected chi connectivity index (χ0v) is 18.6. The first-order valence-electron chi connectivity index (χ1n) is 10.4. The van der Waals surface area contributed by atoms with Gasteiger partial charge in [-0.2, -0.15) is 0 Å². The standard InChI is InChI=1S/C23H29N3O4S/c1-17(2)18-7-10-21(11-8-18)31(29,30)25-20-13-15-26(16-14-20)22-6-4-3-5-19(22)9-12-23(27)24-28/h3-12,17,20,25,28H,13-16H2,1-2H3,(H,24,27). The lowest BCUT2D eigenvalue weighted by molar-refractivity contribution is -0.124. The van der Waals surface area contributed by atoms with E-state index >= 15 is 0 Å². The van der Waals surface area contributed by atoms with Crippen LogP contribution < -0.4 is 15.1 Å². The summed E-state index contributed by atoms with van der Waals surface area (Å²) in [6.07, 6.45) is 4.28. The van der Waals surface area contributed by atoms with Gasteiger partial charge in [-0.1, -0.05) is 44.2 Å². The molecule has 31 heavy (non-hydrogen) atoms. The maximum atomic E-state index is 12.8. The minimum absolute atomic E-state index is 0.131. The summed E-state index contributed by atoms with van der Waals surface area (Å²) in [5.41, 5.74) is 4.51. The minimum atomic E-state index is -3.56. The van der Waals surface area contributed by atoms with Gasteiger partial charge in [0.2, 0.25) is 10.0 Å². The van der Waals surface area contributed by atoms with Crippen LogP contribution >= 0.6 is 0 Å². The van der Waals surface area contributed by atoms with E-state index in [4.69, 9.17) is 5.21 Å². The highest BCUT2D eigenvalue weighted by Gasteiger charge is 2.25. The van der Waals surface area contributed by atoms with Crippen LogP contribution in [-0.2, 0) is 14.8 Å². The van der Waals surface area contributed by atoms with Gasteiger partial charge in [-0.15, -0.1) is 0 Å². The van der Waals surface area contributed by atoms with Gasteiger partial charge in [0.1, 0.15) is 0 Å². The molecule has 3 N–H and O–H groups in total. The summed E-state index contributed by atoms with van der Waals surface area (Å²) in [6.45, 7) is 5.53. The second-order valence-electron chi connectivity index (χ2n) is 7.97. The smallest absolute Gasteiger partial charge is 0.267 e. The molecular formula is C23H29N3O4S. The number of carbonyl (C=O) groups is 1. The molecule has 0 saturated carbocycles. The number of hydrogen-bond acceptors (Lipinski definition) is 5. The van der Waals surface area contributed by atoms with Gasteiger partial charge in [0.15, 0.2) is 0 Å². The first-order valence-corrected chi connectivity index (χ1v) is 11.9. The Morgan fingerprint density at radius 3 is 2.35 bits per heavy atom. The molecule has 1 fully saturated rings. The third-order valence-corrected chi connectivity index (χ3v) is 7.01. The summed E-state index contributed by atoms with van der Waals surface area (Å²) in [5, 5.41) is 8.66. The van der Waals surface area contributed by atoms with E-state index in [9.17, 15) is 13.2 Å². The molecule has 2 aromatic carbocycles. The predicted molar refractivity (Wildman–Crippen MR) is 121 cm³/mol. The Balaban J connectivity index is 1.64. The lowest BCUT2D eigenvalue weighted by Crippen LogP contribution is -2.44. The third-order valence-electron chi connectivity index (χ3n) is 5.48. The predicted octanol–water partition coefficient (Wildman–Crippen LogP) is 3.28. The van der Waals surface area contributed by atoms with Crippen LogP contribution in [0, 0.1) is 0 Å². The van der Waals surface area contributed by atoms with Gasteiger partial charge in [0, 0.05) is 30.9 Å². The molecule has 0 radical (unpaired) electrons. The van der Waals surface area contributed by atoms with E-state index in [1.807, 2.05) is 36.4 Å². The van der Waals surface area contributed by atoms with Crippen LogP contribution in [0.3, 0.4) is 0 Å². The molecule has 8 heteroatoms.